The molecule has 0 aromatic rings. The summed E-state index contributed by atoms with van der Waals surface area (Å²) in [4.78, 5) is 11.5. The van der Waals surface area contributed by atoms with Crippen LogP contribution >= 0.6 is 0 Å². The lowest BCUT2D eigenvalue weighted by atomic mass is 10.0. The summed E-state index contributed by atoms with van der Waals surface area (Å²) in [6.07, 6.45) is -1.26. The molecule has 13 heavy (non-hydrogen) atoms. The monoisotopic (exact) mass is 187 g/mol. The van der Waals surface area contributed by atoms with Gasteiger partial charge in [0.2, 0.25) is 0 Å². The van der Waals surface area contributed by atoms with Crippen molar-refractivity contribution in [3.05, 3.63) is 11.1 Å². The molecule has 0 saturated carbocycles. The molecule has 0 rings (SSSR count). The Labute approximate surface area is 87.4 Å². The van der Waals surface area contributed by atoms with E-state index in [9.17, 15) is 4.79 Å². The molecule has 0 aromatic heterocycles. The molecule has 0 fully saturated rings. The molecule has 0 aliphatic carbocycles. The normalized spacial score (nSPS) is 17.5. The molecule has 72 valence electrons. The summed E-state index contributed by atoms with van der Waals surface area (Å²) in [5.41, 5.74) is -0.755. The number of rotatable bonds is 4. The van der Waals surface area contributed by atoms with Crippen molar-refractivity contribution in [3.8, 4) is 6.07 Å². The van der Waals surface area contributed by atoms with Gasteiger partial charge in [0.05, 0.1) is 6.61 Å². The van der Waals surface area contributed by atoms with Crippen molar-refractivity contribution < 1.29 is 17.8 Å². The van der Waals surface area contributed by atoms with E-state index < -0.39 is 38.1 Å². The van der Waals surface area contributed by atoms with Gasteiger partial charge >= 0.3 is 5.97 Å². The summed E-state index contributed by atoms with van der Waals surface area (Å²) < 4.78 is 47.4. The van der Waals surface area contributed by atoms with Gasteiger partial charge in [-0.15, -0.1) is 0 Å². The zero-order valence-electron chi connectivity index (χ0n) is 13.4. The summed E-state index contributed by atoms with van der Waals surface area (Å²) in [7, 11) is 0. The maximum Gasteiger partial charge on any atom is 0.348 e. The maximum atomic E-state index is 11.5. The van der Waals surface area contributed by atoms with Crippen LogP contribution in [0.4, 0.5) is 0 Å². The zero-order valence-corrected chi connectivity index (χ0v) is 7.39. The summed E-state index contributed by atoms with van der Waals surface area (Å²) in [6, 6.07) is 1.54. The van der Waals surface area contributed by atoms with Crippen LogP contribution in [0.25, 0.3) is 0 Å². The molecule has 0 heterocycles. The third-order valence-electron chi connectivity index (χ3n) is 1.37. The smallest absolute Gasteiger partial charge is 0.348 e. The average molecular weight is 187 g/mol. The van der Waals surface area contributed by atoms with Gasteiger partial charge < -0.3 is 4.74 Å². The zero-order chi connectivity index (χ0) is 15.3. The number of carbonyl (C=O) groups is 1. The predicted octanol–water partition coefficient (Wildman–Crippen LogP) is 2.19. The maximum absolute atomic E-state index is 11.5. The summed E-state index contributed by atoms with van der Waals surface area (Å²) in [6.45, 7) is -3.39. The van der Waals surface area contributed by atoms with Crippen LogP contribution in [-0.4, -0.2) is 12.6 Å². The Kier molecular flexibility index (Phi) is 2.31. The van der Waals surface area contributed by atoms with Crippen molar-refractivity contribution in [2.45, 2.75) is 33.5 Å². The van der Waals surface area contributed by atoms with Gasteiger partial charge in [0.15, 0.2) is 0 Å². The minimum atomic E-state index is -2.46. The molecular formula is C10H15NO2. The fourth-order valence-corrected chi connectivity index (χ4v) is 0.712. The van der Waals surface area contributed by atoms with Crippen molar-refractivity contribution >= 4 is 5.97 Å². The van der Waals surface area contributed by atoms with Crippen LogP contribution in [0.15, 0.2) is 11.1 Å². The standard InChI is InChI=1S/C10H15NO2/c1-4-8(5-2)9(7-11)10(12)13-6-3/h4-6H2,1-3H3/i1D3,2D3. The van der Waals surface area contributed by atoms with Crippen molar-refractivity contribution in [2.24, 2.45) is 0 Å². The first kappa shape index (κ1) is 4.80. The molecule has 3 heteroatoms. The number of ether oxygens (including phenoxy) is 1. The second-order valence-electron chi connectivity index (χ2n) is 2.16. The first-order chi connectivity index (χ1) is 8.50. The fraction of sp³-hybridized carbons (Fsp3) is 0.600. The van der Waals surface area contributed by atoms with Crippen LogP contribution in [0.1, 0.15) is 41.7 Å². The van der Waals surface area contributed by atoms with E-state index in [1.165, 1.54) is 13.0 Å². The van der Waals surface area contributed by atoms with E-state index in [1.807, 2.05) is 0 Å². The average Bonchev–Trinajstić information content (AvgIpc) is 2.13. The Bertz CT molecular complexity index is 384. The molecule has 3 nitrogen and oxygen atoms in total. The van der Waals surface area contributed by atoms with E-state index in [0.717, 1.165) is 0 Å². The Hall–Kier alpha value is -1.30. The minimum absolute atomic E-state index is 0.0127. The molecule has 0 bridgehead atoms. The van der Waals surface area contributed by atoms with Gasteiger partial charge in [-0.2, -0.15) is 5.26 Å². The molecule has 0 radical (unpaired) electrons. The molecular weight excluding hydrogens is 166 g/mol. The first-order valence-electron chi connectivity index (χ1n) is 6.79. The van der Waals surface area contributed by atoms with Crippen molar-refractivity contribution in [3.63, 3.8) is 0 Å². The van der Waals surface area contributed by atoms with Crippen LogP contribution in [0.2, 0.25) is 0 Å². The molecule has 0 spiro atoms. The highest BCUT2D eigenvalue weighted by atomic mass is 16.5. The first-order valence-corrected chi connectivity index (χ1v) is 3.79. The van der Waals surface area contributed by atoms with Crippen LogP contribution in [0.5, 0.6) is 0 Å². The van der Waals surface area contributed by atoms with Gasteiger partial charge in [-0.05, 0) is 25.3 Å². The third kappa shape index (κ3) is 3.29. The van der Waals surface area contributed by atoms with Crippen molar-refractivity contribution in [1.29, 1.82) is 5.26 Å². The summed E-state index contributed by atoms with van der Waals surface area (Å²) in [5, 5.41) is 8.91. The van der Waals surface area contributed by atoms with Gasteiger partial charge in [-0.25, -0.2) is 4.79 Å². The van der Waals surface area contributed by atoms with Gasteiger partial charge in [-0.3, -0.25) is 0 Å². The third-order valence-corrected chi connectivity index (χ3v) is 1.37. The molecule has 0 atom stereocenters. The minimum Gasteiger partial charge on any atom is -0.462 e. The second kappa shape index (κ2) is 6.24. The Morgan fingerprint density at radius 2 is 2.15 bits per heavy atom. The van der Waals surface area contributed by atoms with Gasteiger partial charge in [0, 0.05) is 8.22 Å². The number of hydrogen-bond donors (Lipinski definition) is 0. The van der Waals surface area contributed by atoms with Gasteiger partial charge in [-0.1, -0.05) is 13.7 Å². The van der Waals surface area contributed by atoms with E-state index in [2.05, 4.69) is 4.74 Å². The summed E-state index contributed by atoms with van der Waals surface area (Å²) in [5.74, 6) is -0.992. The highest BCUT2D eigenvalue weighted by Gasteiger charge is 2.13. The van der Waals surface area contributed by atoms with E-state index >= 15 is 0 Å². The van der Waals surface area contributed by atoms with Crippen molar-refractivity contribution in [2.75, 3.05) is 6.61 Å². The Morgan fingerprint density at radius 1 is 1.54 bits per heavy atom. The molecule has 0 saturated heterocycles. The van der Waals surface area contributed by atoms with Crippen LogP contribution < -0.4 is 0 Å². The van der Waals surface area contributed by atoms with E-state index in [-0.39, 0.29) is 12.2 Å². The topological polar surface area (TPSA) is 50.1 Å². The Balaban J connectivity index is 5.50. The number of nitriles is 1. The highest BCUT2D eigenvalue weighted by Crippen LogP contribution is 2.13. The van der Waals surface area contributed by atoms with Crippen LogP contribution in [0, 0.1) is 11.3 Å². The van der Waals surface area contributed by atoms with Crippen LogP contribution in [-0.2, 0) is 9.53 Å². The van der Waals surface area contributed by atoms with Crippen LogP contribution in [0.3, 0.4) is 0 Å². The van der Waals surface area contributed by atoms with Gasteiger partial charge in [0.1, 0.15) is 11.6 Å². The molecule has 0 aliphatic rings. The van der Waals surface area contributed by atoms with E-state index in [1.54, 1.807) is 0 Å². The molecule has 0 N–H and O–H groups in total. The Morgan fingerprint density at radius 3 is 2.54 bits per heavy atom. The number of esters is 1. The van der Waals surface area contributed by atoms with E-state index in [4.69, 9.17) is 13.5 Å². The van der Waals surface area contributed by atoms with Gasteiger partial charge in [0.25, 0.3) is 0 Å². The predicted molar refractivity (Wildman–Crippen MR) is 49.9 cm³/mol. The van der Waals surface area contributed by atoms with Crippen molar-refractivity contribution in [1.82, 2.24) is 0 Å². The second-order valence-corrected chi connectivity index (χ2v) is 2.16. The number of allylic oxidation sites excluding steroid dienone is 1. The van der Waals surface area contributed by atoms with E-state index in [0.29, 0.717) is 0 Å². The highest BCUT2D eigenvalue weighted by molar-refractivity contribution is 5.93. The fourth-order valence-electron chi connectivity index (χ4n) is 0.712. The molecule has 0 unspecified atom stereocenters. The number of nitrogens with zero attached hydrogens (tertiary/aromatic N) is 1. The molecule has 0 amide bonds. The summed E-state index contributed by atoms with van der Waals surface area (Å²) >= 11 is 0. The lowest BCUT2D eigenvalue weighted by molar-refractivity contribution is -0.138. The quantitative estimate of drug-likeness (QED) is 0.385. The number of carbonyl (C=O) groups excluding carboxylic acids is 1. The number of hydrogen-bond acceptors (Lipinski definition) is 3. The molecule has 0 aliphatic heterocycles. The lowest BCUT2D eigenvalue weighted by Crippen LogP contribution is -2.08. The lowest BCUT2D eigenvalue weighted by Gasteiger charge is -2.04. The largest absolute Gasteiger partial charge is 0.462 e. The molecule has 0 aromatic carbocycles. The SMILES string of the molecule is [2H]C([2H])([2H])CC(CC([2H])([2H])[2H])=C(C#N)C(=O)OCC.